The summed E-state index contributed by atoms with van der Waals surface area (Å²) in [4.78, 5) is 26.8. The molecule has 1 aromatic carbocycles. The molecule has 1 amide bonds. The van der Waals surface area contributed by atoms with E-state index >= 15 is 0 Å². The Balaban J connectivity index is 1.43. The summed E-state index contributed by atoms with van der Waals surface area (Å²) in [6.45, 7) is 7.24. The first-order valence-electron chi connectivity index (χ1n) is 10.9. The number of hydrogen-bond donors (Lipinski definition) is 1. The first-order valence-corrected chi connectivity index (χ1v) is 10.9. The van der Waals surface area contributed by atoms with Crippen LogP contribution in [0.5, 0.6) is 5.75 Å². The minimum absolute atomic E-state index is 0.00677. The highest BCUT2D eigenvalue weighted by atomic mass is 16.6. The predicted molar refractivity (Wildman–Crippen MR) is 114 cm³/mol. The van der Waals surface area contributed by atoms with Crippen LogP contribution in [-0.2, 0) is 19.1 Å². The summed E-state index contributed by atoms with van der Waals surface area (Å²) in [5.41, 5.74) is 1.91. The molecule has 2 aliphatic rings. The summed E-state index contributed by atoms with van der Waals surface area (Å²) in [7, 11) is 0. The van der Waals surface area contributed by atoms with E-state index in [1.807, 2.05) is 32.0 Å². The van der Waals surface area contributed by atoms with E-state index in [2.05, 4.69) is 10.2 Å². The lowest BCUT2D eigenvalue weighted by atomic mass is 9.79. The fourth-order valence-corrected chi connectivity index (χ4v) is 4.51. The molecule has 0 bridgehead atoms. The Morgan fingerprint density at radius 2 is 1.73 bits per heavy atom. The minimum Gasteiger partial charge on any atom is -0.481 e. The summed E-state index contributed by atoms with van der Waals surface area (Å²) in [5.74, 6) is -0.134. The maximum absolute atomic E-state index is 12.3. The van der Waals surface area contributed by atoms with Crippen LogP contribution in [0.4, 0.5) is 0 Å². The molecule has 1 N–H and O–H groups in total. The number of para-hydroxylation sites is 1. The molecule has 0 atom stereocenters. The number of carbonyl (C=O) groups excluding carboxylic acids is 2. The molecule has 0 aromatic heterocycles. The zero-order valence-corrected chi connectivity index (χ0v) is 18.2. The molecule has 1 aromatic rings. The van der Waals surface area contributed by atoms with Crippen molar-refractivity contribution in [3.63, 3.8) is 0 Å². The van der Waals surface area contributed by atoms with Crippen molar-refractivity contribution in [1.29, 1.82) is 0 Å². The highest BCUT2D eigenvalue weighted by Gasteiger charge is 2.38. The number of ether oxygens (including phenoxy) is 3. The van der Waals surface area contributed by atoms with Crippen molar-refractivity contribution >= 4 is 11.9 Å². The van der Waals surface area contributed by atoms with E-state index in [4.69, 9.17) is 14.2 Å². The third-order valence-electron chi connectivity index (χ3n) is 6.19. The van der Waals surface area contributed by atoms with Crippen LogP contribution in [-0.4, -0.2) is 68.4 Å². The molecular formula is C23H34N2O5. The van der Waals surface area contributed by atoms with E-state index in [0.29, 0.717) is 12.3 Å². The molecule has 3 rings (SSSR count). The number of morpholine rings is 1. The third-order valence-corrected chi connectivity index (χ3v) is 6.19. The lowest BCUT2D eigenvalue weighted by molar-refractivity contribution is -0.150. The lowest BCUT2D eigenvalue weighted by Crippen LogP contribution is -2.59. The molecular weight excluding hydrogens is 384 g/mol. The second-order valence-electron chi connectivity index (χ2n) is 8.33. The normalized spacial score (nSPS) is 19.1. The second-order valence-corrected chi connectivity index (χ2v) is 8.33. The Labute approximate surface area is 179 Å². The molecule has 1 aliphatic carbocycles. The van der Waals surface area contributed by atoms with Gasteiger partial charge in [-0.1, -0.05) is 37.5 Å². The van der Waals surface area contributed by atoms with Crippen LogP contribution in [0.2, 0.25) is 0 Å². The molecule has 30 heavy (non-hydrogen) atoms. The van der Waals surface area contributed by atoms with Gasteiger partial charge in [0.05, 0.1) is 13.2 Å². The zero-order valence-electron chi connectivity index (χ0n) is 18.2. The number of esters is 1. The molecule has 7 nitrogen and oxygen atoms in total. The zero-order chi connectivity index (χ0) is 21.4. The van der Waals surface area contributed by atoms with Gasteiger partial charge < -0.3 is 19.5 Å². The molecule has 1 saturated heterocycles. The fourth-order valence-electron chi connectivity index (χ4n) is 4.51. The van der Waals surface area contributed by atoms with Gasteiger partial charge in [-0.05, 0) is 37.8 Å². The van der Waals surface area contributed by atoms with Gasteiger partial charge in [0.25, 0.3) is 5.91 Å². The number of carbonyl (C=O) groups is 2. The molecule has 0 radical (unpaired) electrons. The monoisotopic (exact) mass is 418 g/mol. The molecule has 1 heterocycles. The van der Waals surface area contributed by atoms with E-state index in [1.165, 1.54) is 19.3 Å². The Morgan fingerprint density at radius 1 is 1.07 bits per heavy atom. The van der Waals surface area contributed by atoms with Gasteiger partial charge in [0.1, 0.15) is 5.75 Å². The van der Waals surface area contributed by atoms with Crippen molar-refractivity contribution < 1.29 is 23.8 Å². The van der Waals surface area contributed by atoms with Crippen molar-refractivity contribution in [3.8, 4) is 5.75 Å². The maximum Gasteiger partial charge on any atom is 0.344 e. The number of aryl methyl sites for hydroxylation is 2. The van der Waals surface area contributed by atoms with Gasteiger partial charge in [0, 0.05) is 25.2 Å². The van der Waals surface area contributed by atoms with Crippen LogP contribution >= 0.6 is 0 Å². The van der Waals surface area contributed by atoms with Gasteiger partial charge in [-0.2, -0.15) is 0 Å². The van der Waals surface area contributed by atoms with Crippen LogP contribution in [0.15, 0.2) is 18.2 Å². The van der Waals surface area contributed by atoms with Crippen molar-refractivity contribution in [3.05, 3.63) is 29.3 Å². The van der Waals surface area contributed by atoms with Gasteiger partial charge in [-0.25, -0.2) is 4.79 Å². The SMILES string of the molecule is Cc1cccc(C)c1OCC(=O)OCC(=O)NCC1(N2CCOCC2)CCCCC1. The van der Waals surface area contributed by atoms with Crippen LogP contribution in [0, 0.1) is 13.8 Å². The predicted octanol–water partition coefficient (Wildman–Crippen LogP) is 2.38. The Morgan fingerprint density at radius 3 is 2.40 bits per heavy atom. The number of hydrogen-bond acceptors (Lipinski definition) is 6. The van der Waals surface area contributed by atoms with Gasteiger partial charge in [0.2, 0.25) is 0 Å². The molecule has 1 saturated carbocycles. The summed E-state index contributed by atoms with van der Waals surface area (Å²) < 4.78 is 16.2. The van der Waals surface area contributed by atoms with E-state index in [1.54, 1.807) is 0 Å². The average molecular weight is 419 g/mol. The average Bonchev–Trinajstić information content (AvgIpc) is 2.77. The fraction of sp³-hybridized carbons (Fsp3) is 0.652. The smallest absolute Gasteiger partial charge is 0.344 e. The number of amides is 1. The summed E-state index contributed by atoms with van der Waals surface area (Å²) in [5, 5.41) is 3.00. The third kappa shape index (κ3) is 5.95. The van der Waals surface area contributed by atoms with Crippen LogP contribution < -0.4 is 10.1 Å². The van der Waals surface area contributed by atoms with Crippen molar-refractivity contribution in [1.82, 2.24) is 10.2 Å². The summed E-state index contributed by atoms with van der Waals surface area (Å²) in [6.07, 6.45) is 5.77. The van der Waals surface area contributed by atoms with Gasteiger partial charge in [-0.15, -0.1) is 0 Å². The minimum atomic E-state index is -0.548. The van der Waals surface area contributed by atoms with E-state index in [9.17, 15) is 9.59 Å². The van der Waals surface area contributed by atoms with E-state index in [-0.39, 0.29) is 24.7 Å². The van der Waals surface area contributed by atoms with Crippen molar-refractivity contribution in [2.24, 2.45) is 0 Å². The molecule has 2 fully saturated rings. The van der Waals surface area contributed by atoms with Gasteiger partial charge in [-0.3, -0.25) is 9.69 Å². The highest BCUT2D eigenvalue weighted by molar-refractivity contribution is 5.81. The first kappa shape index (κ1) is 22.6. The maximum atomic E-state index is 12.3. The quantitative estimate of drug-likeness (QED) is 0.653. The molecule has 0 unspecified atom stereocenters. The van der Waals surface area contributed by atoms with Gasteiger partial charge >= 0.3 is 5.97 Å². The highest BCUT2D eigenvalue weighted by Crippen LogP contribution is 2.33. The number of nitrogens with zero attached hydrogens (tertiary/aromatic N) is 1. The van der Waals surface area contributed by atoms with Crippen molar-refractivity contribution in [2.75, 3.05) is 46.1 Å². The topological polar surface area (TPSA) is 77.1 Å². The van der Waals surface area contributed by atoms with Crippen LogP contribution in [0.25, 0.3) is 0 Å². The second kappa shape index (κ2) is 10.8. The number of rotatable bonds is 8. The largest absolute Gasteiger partial charge is 0.481 e. The van der Waals surface area contributed by atoms with E-state index < -0.39 is 5.97 Å². The molecule has 0 spiro atoms. The Hall–Kier alpha value is -2.12. The lowest BCUT2D eigenvalue weighted by Gasteiger charge is -2.48. The van der Waals surface area contributed by atoms with E-state index in [0.717, 1.165) is 50.3 Å². The van der Waals surface area contributed by atoms with Crippen LogP contribution in [0.1, 0.15) is 43.2 Å². The Bertz CT molecular complexity index is 704. The van der Waals surface area contributed by atoms with Gasteiger partial charge in [0.15, 0.2) is 13.2 Å². The summed E-state index contributed by atoms with van der Waals surface area (Å²) >= 11 is 0. The van der Waals surface area contributed by atoms with Crippen LogP contribution in [0.3, 0.4) is 0 Å². The molecule has 7 heteroatoms. The molecule has 166 valence electrons. The van der Waals surface area contributed by atoms with Crippen molar-refractivity contribution in [2.45, 2.75) is 51.5 Å². The standard InChI is InChI=1S/C23H34N2O5/c1-18-7-6-8-19(2)22(18)30-16-21(27)29-15-20(26)24-17-23(9-4-3-5-10-23)25-11-13-28-14-12-25/h6-8H,3-5,9-17H2,1-2H3,(H,24,26). The summed E-state index contributed by atoms with van der Waals surface area (Å²) in [6, 6.07) is 5.80. The number of benzene rings is 1. The molecule has 1 aliphatic heterocycles. The number of nitrogens with one attached hydrogen (secondary N) is 1. The Kier molecular flexibility index (Phi) is 8.10. The first-order chi connectivity index (χ1) is 14.5.